The zero-order valence-corrected chi connectivity index (χ0v) is 11.7. The lowest BCUT2D eigenvalue weighted by Gasteiger charge is -2.05. The standard InChI is InChI=1S/C13H15Cl2N3/c1-2-6-16-7-10-8-18(9-17-10)12-5-3-4-11(14)13(12)15/h3-5,8-9,16H,2,6-7H2,1H3. The fourth-order valence-electron chi connectivity index (χ4n) is 1.67. The predicted molar refractivity (Wildman–Crippen MR) is 75.6 cm³/mol. The number of rotatable bonds is 5. The first-order valence-electron chi connectivity index (χ1n) is 5.90. The summed E-state index contributed by atoms with van der Waals surface area (Å²) in [6, 6.07) is 5.56. The molecule has 0 radical (unpaired) electrons. The highest BCUT2D eigenvalue weighted by atomic mass is 35.5. The van der Waals surface area contributed by atoms with Crippen LogP contribution in [0.2, 0.25) is 10.0 Å². The minimum Gasteiger partial charge on any atom is -0.311 e. The number of aromatic nitrogens is 2. The van der Waals surface area contributed by atoms with Crippen molar-refractivity contribution in [2.75, 3.05) is 6.54 Å². The van der Waals surface area contributed by atoms with Crippen LogP contribution in [-0.4, -0.2) is 16.1 Å². The highest BCUT2D eigenvalue weighted by Gasteiger charge is 2.07. The average Bonchev–Trinajstić information content (AvgIpc) is 2.82. The lowest BCUT2D eigenvalue weighted by Crippen LogP contribution is -2.13. The first kappa shape index (κ1) is 13.4. The highest BCUT2D eigenvalue weighted by Crippen LogP contribution is 2.28. The molecule has 5 heteroatoms. The molecule has 0 fully saturated rings. The molecule has 0 aliphatic rings. The third-order valence-electron chi connectivity index (χ3n) is 2.58. The van der Waals surface area contributed by atoms with Crippen LogP contribution in [0.25, 0.3) is 5.69 Å². The molecule has 3 nitrogen and oxygen atoms in total. The molecule has 0 saturated carbocycles. The fraction of sp³-hybridized carbons (Fsp3) is 0.308. The zero-order chi connectivity index (χ0) is 13.0. The molecule has 2 rings (SSSR count). The molecule has 18 heavy (non-hydrogen) atoms. The summed E-state index contributed by atoms with van der Waals surface area (Å²) in [5.74, 6) is 0. The maximum absolute atomic E-state index is 6.17. The average molecular weight is 284 g/mol. The number of nitrogens with zero attached hydrogens (tertiary/aromatic N) is 2. The first-order valence-corrected chi connectivity index (χ1v) is 6.66. The van der Waals surface area contributed by atoms with E-state index in [2.05, 4.69) is 17.2 Å². The normalized spacial score (nSPS) is 10.8. The molecule has 0 aliphatic carbocycles. The van der Waals surface area contributed by atoms with Gasteiger partial charge in [-0.1, -0.05) is 36.2 Å². The molecular formula is C13H15Cl2N3. The van der Waals surface area contributed by atoms with Gasteiger partial charge < -0.3 is 9.88 Å². The molecule has 0 unspecified atom stereocenters. The van der Waals surface area contributed by atoms with Gasteiger partial charge in [-0.15, -0.1) is 0 Å². The first-order chi connectivity index (χ1) is 8.72. The second-order valence-corrected chi connectivity index (χ2v) is 4.81. The number of halogens is 2. The van der Waals surface area contributed by atoms with Crippen LogP contribution in [0, 0.1) is 0 Å². The lowest BCUT2D eigenvalue weighted by molar-refractivity contribution is 0.666. The minimum absolute atomic E-state index is 0.546. The molecule has 1 N–H and O–H groups in total. The van der Waals surface area contributed by atoms with Gasteiger partial charge in [-0.25, -0.2) is 4.98 Å². The molecule has 0 atom stereocenters. The molecule has 0 bridgehead atoms. The number of hydrogen-bond donors (Lipinski definition) is 1. The van der Waals surface area contributed by atoms with Crippen LogP contribution in [0.5, 0.6) is 0 Å². The SMILES string of the molecule is CCCNCc1cn(-c2cccc(Cl)c2Cl)cn1. The smallest absolute Gasteiger partial charge is 0.0996 e. The Balaban J connectivity index is 2.16. The monoisotopic (exact) mass is 283 g/mol. The number of hydrogen-bond acceptors (Lipinski definition) is 2. The Bertz CT molecular complexity index is 523. The van der Waals surface area contributed by atoms with E-state index in [1.165, 1.54) is 0 Å². The fourth-order valence-corrected chi connectivity index (χ4v) is 2.06. The van der Waals surface area contributed by atoms with Gasteiger partial charge in [0.2, 0.25) is 0 Å². The van der Waals surface area contributed by atoms with Crippen molar-refractivity contribution < 1.29 is 0 Å². The van der Waals surface area contributed by atoms with Gasteiger partial charge in [0.1, 0.15) is 0 Å². The molecule has 0 saturated heterocycles. The van der Waals surface area contributed by atoms with E-state index < -0.39 is 0 Å². The summed E-state index contributed by atoms with van der Waals surface area (Å²) in [5, 5.41) is 4.40. The van der Waals surface area contributed by atoms with Crippen molar-refractivity contribution >= 4 is 23.2 Å². The summed E-state index contributed by atoms with van der Waals surface area (Å²) >= 11 is 12.2. The van der Waals surface area contributed by atoms with Crippen LogP contribution in [0.3, 0.4) is 0 Å². The van der Waals surface area contributed by atoms with Crippen molar-refractivity contribution in [3.8, 4) is 5.69 Å². The van der Waals surface area contributed by atoms with Gasteiger partial charge in [-0.05, 0) is 25.1 Å². The maximum Gasteiger partial charge on any atom is 0.0996 e. The highest BCUT2D eigenvalue weighted by molar-refractivity contribution is 6.43. The van der Waals surface area contributed by atoms with Crippen molar-refractivity contribution in [2.45, 2.75) is 19.9 Å². The third-order valence-corrected chi connectivity index (χ3v) is 3.39. The summed E-state index contributed by atoms with van der Waals surface area (Å²) in [5.41, 5.74) is 1.83. The van der Waals surface area contributed by atoms with E-state index in [4.69, 9.17) is 23.2 Å². The van der Waals surface area contributed by atoms with Crippen LogP contribution in [0.4, 0.5) is 0 Å². The Morgan fingerprint density at radius 1 is 1.33 bits per heavy atom. The maximum atomic E-state index is 6.17. The number of imidazole rings is 1. The quantitative estimate of drug-likeness (QED) is 0.849. The van der Waals surface area contributed by atoms with Crippen molar-refractivity contribution in [1.82, 2.24) is 14.9 Å². The molecule has 96 valence electrons. The van der Waals surface area contributed by atoms with Crippen LogP contribution in [0.15, 0.2) is 30.7 Å². The summed E-state index contributed by atoms with van der Waals surface area (Å²) in [6.07, 6.45) is 4.82. The van der Waals surface area contributed by atoms with Crippen molar-refractivity contribution in [2.24, 2.45) is 0 Å². The molecular weight excluding hydrogens is 269 g/mol. The van der Waals surface area contributed by atoms with Gasteiger partial charge >= 0.3 is 0 Å². The number of nitrogens with one attached hydrogen (secondary N) is 1. The second kappa shape index (κ2) is 6.23. The van der Waals surface area contributed by atoms with E-state index in [1.807, 2.05) is 22.9 Å². The molecule has 0 spiro atoms. The van der Waals surface area contributed by atoms with Gasteiger partial charge in [0.05, 0.1) is 27.8 Å². The summed E-state index contributed by atoms with van der Waals surface area (Å²) in [4.78, 5) is 4.33. The van der Waals surface area contributed by atoms with Gasteiger partial charge in [-0.3, -0.25) is 0 Å². The molecule has 0 aliphatic heterocycles. The summed E-state index contributed by atoms with van der Waals surface area (Å²) < 4.78 is 1.89. The molecule has 1 aromatic carbocycles. The largest absolute Gasteiger partial charge is 0.311 e. The Kier molecular flexibility index (Phi) is 4.64. The van der Waals surface area contributed by atoms with Crippen molar-refractivity contribution in [3.63, 3.8) is 0 Å². The topological polar surface area (TPSA) is 29.9 Å². The van der Waals surface area contributed by atoms with Crippen molar-refractivity contribution in [1.29, 1.82) is 0 Å². The van der Waals surface area contributed by atoms with E-state index in [-0.39, 0.29) is 0 Å². The lowest BCUT2D eigenvalue weighted by atomic mass is 10.3. The Morgan fingerprint density at radius 2 is 2.17 bits per heavy atom. The van der Waals surface area contributed by atoms with Crippen LogP contribution in [0.1, 0.15) is 19.0 Å². The van der Waals surface area contributed by atoms with Gasteiger partial charge in [0.15, 0.2) is 0 Å². The second-order valence-electron chi connectivity index (χ2n) is 4.02. The van der Waals surface area contributed by atoms with E-state index >= 15 is 0 Å². The van der Waals surface area contributed by atoms with Gasteiger partial charge in [0, 0.05) is 12.7 Å². The van der Waals surface area contributed by atoms with Crippen LogP contribution < -0.4 is 5.32 Å². The molecule has 0 amide bonds. The third kappa shape index (κ3) is 3.05. The minimum atomic E-state index is 0.546. The van der Waals surface area contributed by atoms with Crippen LogP contribution in [-0.2, 0) is 6.54 Å². The van der Waals surface area contributed by atoms with Gasteiger partial charge in [0.25, 0.3) is 0 Å². The Morgan fingerprint density at radius 3 is 2.94 bits per heavy atom. The number of benzene rings is 1. The van der Waals surface area contributed by atoms with Crippen molar-refractivity contribution in [3.05, 3.63) is 46.5 Å². The predicted octanol–water partition coefficient (Wildman–Crippen LogP) is 3.68. The molecule has 1 aromatic heterocycles. The molecule has 1 heterocycles. The van der Waals surface area contributed by atoms with Crippen LogP contribution >= 0.6 is 23.2 Å². The molecule has 2 aromatic rings. The van der Waals surface area contributed by atoms with E-state index in [1.54, 1.807) is 12.4 Å². The van der Waals surface area contributed by atoms with Gasteiger partial charge in [-0.2, -0.15) is 0 Å². The summed E-state index contributed by atoms with van der Waals surface area (Å²) in [7, 11) is 0. The van der Waals surface area contributed by atoms with E-state index in [0.717, 1.165) is 30.9 Å². The van der Waals surface area contributed by atoms with E-state index in [0.29, 0.717) is 10.0 Å². The Labute approximate surface area is 117 Å². The summed E-state index contributed by atoms with van der Waals surface area (Å²) in [6.45, 7) is 3.89. The Hall–Kier alpha value is -1.03. The zero-order valence-electron chi connectivity index (χ0n) is 10.2. The van der Waals surface area contributed by atoms with E-state index in [9.17, 15) is 0 Å².